The smallest absolute Gasteiger partial charge is 0.184 e. The van der Waals surface area contributed by atoms with Gasteiger partial charge in [-0.2, -0.15) is 5.10 Å². The van der Waals surface area contributed by atoms with Crippen LogP contribution in [-0.2, 0) is 4.74 Å². The van der Waals surface area contributed by atoms with E-state index in [4.69, 9.17) is 22.7 Å². The fourth-order valence-electron chi connectivity index (χ4n) is 1.96. The van der Waals surface area contributed by atoms with Gasteiger partial charge in [0.15, 0.2) is 5.11 Å². The van der Waals surface area contributed by atoms with Gasteiger partial charge in [-0.25, -0.2) is 0 Å². The van der Waals surface area contributed by atoms with Crippen LogP contribution in [0.5, 0.6) is 0 Å². The van der Waals surface area contributed by atoms with Crippen molar-refractivity contribution in [3.05, 3.63) is 0 Å². The molecule has 16 heavy (non-hydrogen) atoms. The van der Waals surface area contributed by atoms with E-state index in [1.807, 2.05) is 0 Å². The van der Waals surface area contributed by atoms with Crippen LogP contribution in [0.4, 0.5) is 0 Å². The van der Waals surface area contributed by atoms with Crippen molar-refractivity contribution in [1.29, 1.82) is 0 Å². The van der Waals surface area contributed by atoms with E-state index < -0.39 is 0 Å². The number of hydrogen-bond acceptors (Lipinski definition) is 3. The first kappa shape index (κ1) is 13.4. The molecule has 0 bridgehead atoms. The van der Waals surface area contributed by atoms with Gasteiger partial charge in [-0.3, -0.25) is 5.43 Å². The SMILES string of the molecule is CCCOCCC1CCC/C1=N\NC(N)=S. The molecular weight excluding hydrogens is 222 g/mol. The summed E-state index contributed by atoms with van der Waals surface area (Å²) in [6.45, 7) is 3.80. The molecule has 4 nitrogen and oxygen atoms in total. The van der Waals surface area contributed by atoms with E-state index in [1.165, 1.54) is 18.6 Å². The number of nitrogens with zero attached hydrogens (tertiary/aromatic N) is 1. The van der Waals surface area contributed by atoms with Crippen molar-refractivity contribution in [2.45, 2.75) is 39.0 Å². The molecule has 1 saturated carbocycles. The third kappa shape index (κ3) is 4.90. The van der Waals surface area contributed by atoms with E-state index in [2.05, 4.69) is 17.5 Å². The average Bonchev–Trinajstić information content (AvgIpc) is 2.69. The lowest BCUT2D eigenvalue weighted by molar-refractivity contribution is 0.126. The maximum Gasteiger partial charge on any atom is 0.184 e. The average molecular weight is 243 g/mol. The Labute approximate surface area is 103 Å². The van der Waals surface area contributed by atoms with Gasteiger partial charge < -0.3 is 10.5 Å². The second-order valence-corrected chi connectivity index (χ2v) is 4.51. The van der Waals surface area contributed by atoms with Gasteiger partial charge in [-0.15, -0.1) is 0 Å². The summed E-state index contributed by atoms with van der Waals surface area (Å²) in [6, 6.07) is 0. The molecule has 0 radical (unpaired) electrons. The summed E-state index contributed by atoms with van der Waals surface area (Å²) in [5.74, 6) is 0.540. The molecule has 1 fully saturated rings. The monoisotopic (exact) mass is 243 g/mol. The summed E-state index contributed by atoms with van der Waals surface area (Å²) >= 11 is 4.73. The van der Waals surface area contributed by atoms with Crippen molar-refractivity contribution in [3.63, 3.8) is 0 Å². The zero-order valence-electron chi connectivity index (χ0n) is 9.87. The highest BCUT2D eigenvalue weighted by Crippen LogP contribution is 2.25. The van der Waals surface area contributed by atoms with Crippen LogP contribution in [0.2, 0.25) is 0 Å². The van der Waals surface area contributed by atoms with E-state index in [0.29, 0.717) is 5.92 Å². The molecular formula is C11H21N3OS. The molecule has 0 aromatic heterocycles. The molecule has 1 aliphatic rings. The van der Waals surface area contributed by atoms with Gasteiger partial charge in [0.1, 0.15) is 0 Å². The molecule has 1 unspecified atom stereocenters. The standard InChI is InChI=1S/C11H21N3OS/c1-2-7-15-8-6-9-4-3-5-10(9)13-14-11(12)16/h9H,2-8H2,1H3,(H3,12,14,16)/b13-10+. The van der Waals surface area contributed by atoms with Gasteiger partial charge in [0.25, 0.3) is 0 Å². The molecule has 0 spiro atoms. The Balaban J connectivity index is 2.28. The largest absolute Gasteiger partial charge is 0.381 e. The molecule has 1 rings (SSSR count). The van der Waals surface area contributed by atoms with Crippen LogP contribution in [0.3, 0.4) is 0 Å². The minimum atomic E-state index is 0.236. The van der Waals surface area contributed by atoms with Gasteiger partial charge >= 0.3 is 0 Å². The van der Waals surface area contributed by atoms with Crippen LogP contribution in [0.25, 0.3) is 0 Å². The normalized spacial score (nSPS) is 22.6. The quantitative estimate of drug-likeness (QED) is 0.424. The number of rotatable bonds is 6. The van der Waals surface area contributed by atoms with E-state index >= 15 is 0 Å². The second kappa shape index (κ2) is 7.57. The van der Waals surface area contributed by atoms with Crippen molar-refractivity contribution in [3.8, 4) is 0 Å². The minimum absolute atomic E-state index is 0.236. The Morgan fingerprint density at radius 2 is 2.44 bits per heavy atom. The molecule has 0 aliphatic heterocycles. The van der Waals surface area contributed by atoms with Crippen LogP contribution in [-0.4, -0.2) is 24.0 Å². The lowest BCUT2D eigenvalue weighted by atomic mass is 10.0. The van der Waals surface area contributed by atoms with E-state index in [9.17, 15) is 0 Å². The highest BCUT2D eigenvalue weighted by molar-refractivity contribution is 7.80. The summed E-state index contributed by atoms with van der Waals surface area (Å²) in [6.07, 6.45) is 5.59. The molecule has 1 aliphatic carbocycles. The molecule has 0 aromatic rings. The molecule has 0 heterocycles. The van der Waals surface area contributed by atoms with Crippen molar-refractivity contribution in [2.24, 2.45) is 16.8 Å². The number of hydrazone groups is 1. The zero-order chi connectivity index (χ0) is 11.8. The Bertz CT molecular complexity index is 256. The predicted octanol–water partition coefficient (Wildman–Crippen LogP) is 1.79. The highest BCUT2D eigenvalue weighted by atomic mass is 32.1. The summed E-state index contributed by atoms with van der Waals surface area (Å²) in [5.41, 5.74) is 9.21. The van der Waals surface area contributed by atoms with E-state index in [-0.39, 0.29) is 5.11 Å². The molecule has 5 heteroatoms. The van der Waals surface area contributed by atoms with Crippen LogP contribution in [0, 0.1) is 5.92 Å². The number of nitrogens with two attached hydrogens (primary N) is 1. The Hall–Kier alpha value is -0.680. The van der Waals surface area contributed by atoms with Crippen LogP contribution < -0.4 is 11.2 Å². The lowest BCUT2D eigenvalue weighted by Crippen LogP contribution is -2.26. The zero-order valence-corrected chi connectivity index (χ0v) is 10.7. The van der Waals surface area contributed by atoms with Crippen LogP contribution >= 0.6 is 12.2 Å². The second-order valence-electron chi connectivity index (χ2n) is 4.07. The van der Waals surface area contributed by atoms with Gasteiger partial charge in [0, 0.05) is 24.8 Å². The van der Waals surface area contributed by atoms with Crippen LogP contribution in [0.15, 0.2) is 5.10 Å². The van der Waals surface area contributed by atoms with Gasteiger partial charge in [0.05, 0.1) is 0 Å². The third-order valence-corrected chi connectivity index (χ3v) is 2.82. The summed E-state index contributed by atoms with van der Waals surface area (Å²) in [7, 11) is 0. The van der Waals surface area contributed by atoms with Gasteiger partial charge in [0.2, 0.25) is 0 Å². The van der Waals surface area contributed by atoms with Crippen molar-refractivity contribution >= 4 is 23.0 Å². The fraction of sp³-hybridized carbons (Fsp3) is 0.818. The number of nitrogens with one attached hydrogen (secondary N) is 1. The lowest BCUT2D eigenvalue weighted by Gasteiger charge is -2.11. The minimum Gasteiger partial charge on any atom is -0.381 e. The molecule has 92 valence electrons. The fourth-order valence-corrected chi connectivity index (χ4v) is 2.00. The predicted molar refractivity (Wildman–Crippen MR) is 70.4 cm³/mol. The van der Waals surface area contributed by atoms with Crippen molar-refractivity contribution < 1.29 is 4.74 Å². The first-order chi connectivity index (χ1) is 7.74. The van der Waals surface area contributed by atoms with E-state index in [0.717, 1.165) is 32.5 Å². The molecule has 0 aromatic carbocycles. The Kier molecular flexibility index (Phi) is 6.33. The Morgan fingerprint density at radius 3 is 3.12 bits per heavy atom. The number of thiocarbonyl (C=S) groups is 1. The van der Waals surface area contributed by atoms with Crippen molar-refractivity contribution in [1.82, 2.24) is 5.43 Å². The summed E-state index contributed by atoms with van der Waals surface area (Å²) in [5, 5.41) is 4.48. The summed E-state index contributed by atoms with van der Waals surface area (Å²) < 4.78 is 5.49. The summed E-state index contributed by atoms with van der Waals surface area (Å²) in [4.78, 5) is 0. The first-order valence-electron chi connectivity index (χ1n) is 5.93. The molecule has 0 saturated heterocycles. The van der Waals surface area contributed by atoms with E-state index in [1.54, 1.807) is 0 Å². The van der Waals surface area contributed by atoms with Crippen molar-refractivity contribution in [2.75, 3.05) is 13.2 Å². The Morgan fingerprint density at radius 1 is 1.62 bits per heavy atom. The highest BCUT2D eigenvalue weighted by Gasteiger charge is 2.22. The number of ether oxygens (including phenoxy) is 1. The number of hydrogen-bond donors (Lipinski definition) is 2. The molecule has 3 N–H and O–H groups in total. The molecule has 0 amide bonds. The van der Waals surface area contributed by atoms with Gasteiger partial charge in [-0.1, -0.05) is 6.92 Å². The van der Waals surface area contributed by atoms with Crippen LogP contribution in [0.1, 0.15) is 39.0 Å². The maximum absolute atomic E-state index is 5.49. The first-order valence-corrected chi connectivity index (χ1v) is 6.34. The van der Waals surface area contributed by atoms with Gasteiger partial charge in [-0.05, 0) is 44.3 Å². The third-order valence-electron chi connectivity index (χ3n) is 2.73. The molecule has 1 atom stereocenters. The topological polar surface area (TPSA) is 59.6 Å². The maximum atomic E-state index is 5.49.